The highest BCUT2D eigenvalue weighted by atomic mass is 35.5. The van der Waals surface area contributed by atoms with Crippen molar-refractivity contribution in [3.05, 3.63) is 44.7 Å². The first-order valence-electron chi connectivity index (χ1n) is 7.36. The van der Waals surface area contributed by atoms with Gasteiger partial charge >= 0.3 is 5.97 Å². The molecule has 1 aromatic carbocycles. The molecule has 136 valence electrons. The molecule has 2 aromatic rings. The summed E-state index contributed by atoms with van der Waals surface area (Å²) in [7, 11) is 0. The van der Waals surface area contributed by atoms with Crippen molar-refractivity contribution >= 4 is 52.2 Å². The SMILES string of the molecule is C/C(=N/Nc1c(Cl)c(Cl)nc(C(=O)O)c1Cl)c1ccc2c(c1)OCCO2. The van der Waals surface area contributed by atoms with Crippen molar-refractivity contribution in [3.8, 4) is 11.5 Å². The molecule has 0 amide bonds. The number of rotatable bonds is 4. The Morgan fingerprint density at radius 3 is 2.58 bits per heavy atom. The molecule has 0 fully saturated rings. The van der Waals surface area contributed by atoms with Gasteiger partial charge in [0.2, 0.25) is 0 Å². The van der Waals surface area contributed by atoms with Crippen LogP contribution < -0.4 is 14.9 Å². The highest BCUT2D eigenvalue weighted by Gasteiger charge is 2.21. The lowest BCUT2D eigenvalue weighted by atomic mass is 10.1. The van der Waals surface area contributed by atoms with Crippen molar-refractivity contribution in [2.24, 2.45) is 5.10 Å². The van der Waals surface area contributed by atoms with Crippen LogP contribution in [0.4, 0.5) is 5.69 Å². The fourth-order valence-corrected chi connectivity index (χ4v) is 2.89. The summed E-state index contributed by atoms with van der Waals surface area (Å²) < 4.78 is 11.0. The molecule has 1 aromatic heterocycles. The van der Waals surface area contributed by atoms with Gasteiger partial charge in [0.25, 0.3) is 0 Å². The van der Waals surface area contributed by atoms with Crippen LogP contribution in [0.3, 0.4) is 0 Å². The highest BCUT2D eigenvalue weighted by Crippen LogP contribution is 2.37. The molecular formula is C16H12Cl3N3O4. The highest BCUT2D eigenvalue weighted by molar-refractivity contribution is 6.46. The second-order valence-corrected chi connectivity index (χ2v) is 6.34. The van der Waals surface area contributed by atoms with Crippen molar-refractivity contribution in [1.82, 2.24) is 4.98 Å². The lowest BCUT2D eigenvalue weighted by Gasteiger charge is -2.18. The summed E-state index contributed by atoms with van der Waals surface area (Å²) in [6.07, 6.45) is 0. The summed E-state index contributed by atoms with van der Waals surface area (Å²) in [5.41, 5.74) is 3.65. The summed E-state index contributed by atoms with van der Waals surface area (Å²) in [6, 6.07) is 5.40. The number of hydrogen-bond acceptors (Lipinski definition) is 6. The molecule has 26 heavy (non-hydrogen) atoms. The van der Waals surface area contributed by atoms with Gasteiger partial charge < -0.3 is 14.6 Å². The van der Waals surface area contributed by atoms with E-state index in [0.717, 1.165) is 5.56 Å². The van der Waals surface area contributed by atoms with Crippen molar-refractivity contribution in [1.29, 1.82) is 0 Å². The Bertz CT molecular complexity index is 918. The van der Waals surface area contributed by atoms with E-state index in [1.54, 1.807) is 19.1 Å². The average Bonchev–Trinajstić information content (AvgIpc) is 2.63. The number of hydrogen-bond donors (Lipinski definition) is 2. The normalized spacial score (nSPS) is 13.5. The Balaban J connectivity index is 1.91. The van der Waals surface area contributed by atoms with E-state index < -0.39 is 11.7 Å². The number of anilines is 1. The minimum Gasteiger partial charge on any atom is -0.486 e. The summed E-state index contributed by atoms with van der Waals surface area (Å²) in [5, 5.41) is 12.9. The van der Waals surface area contributed by atoms with Gasteiger partial charge in [0.05, 0.1) is 11.4 Å². The first kappa shape index (κ1) is 18.6. The van der Waals surface area contributed by atoms with Gasteiger partial charge in [-0.05, 0) is 25.1 Å². The van der Waals surface area contributed by atoms with Crippen LogP contribution in [0, 0.1) is 0 Å². The van der Waals surface area contributed by atoms with Crippen LogP contribution in [0.2, 0.25) is 15.2 Å². The molecule has 2 heterocycles. The predicted octanol–water partition coefficient (Wildman–Crippen LogP) is 4.35. The number of carbonyl (C=O) groups is 1. The smallest absolute Gasteiger partial charge is 0.356 e. The number of ether oxygens (including phenoxy) is 2. The Labute approximate surface area is 163 Å². The maximum atomic E-state index is 11.2. The maximum absolute atomic E-state index is 11.2. The van der Waals surface area contributed by atoms with Gasteiger partial charge in [0.1, 0.15) is 23.3 Å². The topological polar surface area (TPSA) is 93.0 Å². The zero-order chi connectivity index (χ0) is 18.8. The van der Waals surface area contributed by atoms with Crippen molar-refractivity contribution < 1.29 is 19.4 Å². The van der Waals surface area contributed by atoms with Crippen LogP contribution in [0.5, 0.6) is 11.5 Å². The van der Waals surface area contributed by atoms with Crippen LogP contribution in [-0.4, -0.2) is 35.0 Å². The van der Waals surface area contributed by atoms with E-state index >= 15 is 0 Å². The van der Waals surface area contributed by atoms with Gasteiger partial charge in [-0.25, -0.2) is 9.78 Å². The van der Waals surface area contributed by atoms with E-state index in [2.05, 4.69) is 15.5 Å². The van der Waals surface area contributed by atoms with Crippen LogP contribution >= 0.6 is 34.8 Å². The minimum absolute atomic E-state index is 0.0274. The molecule has 0 radical (unpaired) electrons. The van der Waals surface area contributed by atoms with Crippen molar-refractivity contribution in [2.45, 2.75) is 6.92 Å². The lowest BCUT2D eigenvalue weighted by molar-refractivity contribution is 0.0691. The number of carboxylic acid groups (broad SMARTS) is 1. The van der Waals surface area contributed by atoms with Gasteiger partial charge in [-0.3, -0.25) is 5.43 Å². The molecule has 0 bridgehead atoms. The zero-order valence-corrected chi connectivity index (χ0v) is 15.6. The van der Waals surface area contributed by atoms with Crippen LogP contribution in [0.25, 0.3) is 0 Å². The molecular weight excluding hydrogens is 405 g/mol. The van der Waals surface area contributed by atoms with E-state index in [9.17, 15) is 4.79 Å². The number of hydrazone groups is 1. The van der Waals surface area contributed by atoms with E-state index in [-0.39, 0.29) is 20.9 Å². The monoisotopic (exact) mass is 415 g/mol. The third-order valence-corrected chi connectivity index (χ3v) is 4.64. The summed E-state index contributed by atoms with van der Waals surface area (Å²) in [4.78, 5) is 14.8. The largest absolute Gasteiger partial charge is 0.486 e. The molecule has 3 rings (SSSR count). The second kappa shape index (κ2) is 7.57. The van der Waals surface area contributed by atoms with Crippen LogP contribution in [0.15, 0.2) is 23.3 Å². The van der Waals surface area contributed by atoms with Gasteiger partial charge in [0.15, 0.2) is 22.3 Å². The molecule has 0 unspecified atom stereocenters. The fourth-order valence-electron chi connectivity index (χ4n) is 2.23. The quantitative estimate of drug-likeness (QED) is 0.437. The first-order valence-corrected chi connectivity index (χ1v) is 8.50. The second-order valence-electron chi connectivity index (χ2n) is 5.23. The summed E-state index contributed by atoms with van der Waals surface area (Å²) in [5.74, 6) is -0.0394. The van der Waals surface area contributed by atoms with E-state index in [4.69, 9.17) is 49.4 Å². The Morgan fingerprint density at radius 1 is 1.19 bits per heavy atom. The number of aromatic carboxylic acids is 1. The zero-order valence-electron chi connectivity index (χ0n) is 13.3. The molecule has 0 atom stereocenters. The molecule has 0 aliphatic carbocycles. The van der Waals surface area contributed by atoms with Gasteiger partial charge in [-0.2, -0.15) is 5.10 Å². The molecule has 1 aliphatic heterocycles. The Morgan fingerprint density at radius 2 is 1.88 bits per heavy atom. The Kier molecular flexibility index (Phi) is 5.41. The number of nitrogens with zero attached hydrogens (tertiary/aromatic N) is 2. The maximum Gasteiger partial charge on any atom is 0.356 e. The van der Waals surface area contributed by atoms with Gasteiger partial charge in [-0.15, -0.1) is 0 Å². The molecule has 0 spiro atoms. The van der Waals surface area contributed by atoms with E-state index in [1.807, 2.05) is 6.07 Å². The third-order valence-electron chi connectivity index (χ3n) is 3.54. The van der Waals surface area contributed by atoms with Crippen molar-refractivity contribution in [3.63, 3.8) is 0 Å². The minimum atomic E-state index is -1.33. The molecule has 2 N–H and O–H groups in total. The third kappa shape index (κ3) is 3.65. The van der Waals surface area contributed by atoms with Crippen molar-refractivity contribution in [2.75, 3.05) is 18.6 Å². The fraction of sp³-hybridized carbons (Fsp3) is 0.188. The van der Waals surface area contributed by atoms with Gasteiger partial charge in [0, 0.05) is 5.56 Å². The first-order chi connectivity index (χ1) is 12.4. The average molecular weight is 417 g/mol. The molecule has 10 heteroatoms. The van der Waals surface area contributed by atoms with Crippen LogP contribution in [0.1, 0.15) is 23.0 Å². The molecule has 0 saturated carbocycles. The molecule has 7 nitrogen and oxygen atoms in total. The number of benzene rings is 1. The summed E-state index contributed by atoms with van der Waals surface area (Å²) >= 11 is 18.0. The number of halogens is 3. The number of pyridine rings is 1. The van der Waals surface area contributed by atoms with Gasteiger partial charge in [-0.1, -0.05) is 34.8 Å². The number of nitrogens with one attached hydrogen (secondary N) is 1. The number of aromatic nitrogens is 1. The molecule has 1 aliphatic rings. The lowest BCUT2D eigenvalue weighted by Crippen LogP contribution is -2.15. The number of carboxylic acids is 1. The molecule has 0 saturated heterocycles. The number of fused-ring (bicyclic) bond motifs is 1. The summed E-state index contributed by atoms with van der Waals surface area (Å²) in [6.45, 7) is 2.73. The predicted molar refractivity (Wildman–Crippen MR) is 99.5 cm³/mol. The van der Waals surface area contributed by atoms with E-state index in [0.29, 0.717) is 30.4 Å². The van der Waals surface area contributed by atoms with E-state index in [1.165, 1.54) is 0 Å². The Hall–Kier alpha value is -2.22. The van der Waals surface area contributed by atoms with Crippen LogP contribution in [-0.2, 0) is 0 Å². The standard InChI is InChI=1S/C16H12Cl3N3O4/c1-7(8-2-3-9-10(6-8)26-5-4-25-9)21-22-13-11(17)14(16(23)24)20-15(19)12(13)18/h2-3,6H,4-5H2,1H3,(H,20,22)(H,23,24)/b21-7-.